The topological polar surface area (TPSA) is 64.1 Å². The number of ether oxygens (including phenoxy) is 1. The second-order valence-electron chi connectivity index (χ2n) is 5.60. The molecular weight excluding hydrogens is 405 g/mol. The Morgan fingerprint density at radius 2 is 1.86 bits per heavy atom. The zero-order valence-corrected chi connectivity index (χ0v) is 14.8. The van der Waals surface area contributed by atoms with Gasteiger partial charge in [-0.25, -0.2) is 13.8 Å². The van der Waals surface area contributed by atoms with Crippen molar-refractivity contribution in [2.24, 2.45) is 0 Å². The maximum absolute atomic E-state index is 14.3. The first kappa shape index (κ1) is 19.7. The predicted octanol–water partition coefficient (Wildman–Crippen LogP) is 5.19. The van der Waals surface area contributed by atoms with E-state index in [4.69, 9.17) is 4.74 Å². The van der Waals surface area contributed by atoms with Gasteiger partial charge < -0.3 is 4.74 Å². The molecule has 0 unspecified atom stereocenters. The number of carbonyl (C=O) groups excluding carboxylic acids is 1. The standard InChI is InChI=1S/C17H10F5N3O2S/c1-8-2-9(17(20,21)22)4-10(3-8)27-14-6-12(18)11(5-13(14)19)15(26)25-16-23-7-24-28-16/h2-7H,1H3,(H,23,24,25,26). The van der Waals surface area contributed by atoms with Gasteiger partial charge in [0.15, 0.2) is 11.6 Å². The number of aromatic nitrogens is 2. The zero-order valence-electron chi connectivity index (χ0n) is 14.0. The van der Waals surface area contributed by atoms with E-state index >= 15 is 0 Å². The van der Waals surface area contributed by atoms with Crippen molar-refractivity contribution in [3.8, 4) is 11.5 Å². The molecular formula is C17H10F5N3O2S. The van der Waals surface area contributed by atoms with Gasteiger partial charge in [-0.1, -0.05) is 0 Å². The van der Waals surface area contributed by atoms with Crippen molar-refractivity contribution >= 4 is 22.6 Å². The van der Waals surface area contributed by atoms with Gasteiger partial charge in [-0.2, -0.15) is 17.5 Å². The van der Waals surface area contributed by atoms with Crippen molar-refractivity contribution in [2.45, 2.75) is 13.1 Å². The number of benzene rings is 2. The number of nitrogens with zero attached hydrogens (tertiary/aromatic N) is 2. The highest BCUT2D eigenvalue weighted by molar-refractivity contribution is 7.09. The van der Waals surface area contributed by atoms with Crippen molar-refractivity contribution in [3.63, 3.8) is 0 Å². The molecule has 0 saturated heterocycles. The fourth-order valence-corrected chi connectivity index (χ4v) is 2.70. The molecule has 3 aromatic rings. The lowest BCUT2D eigenvalue weighted by Crippen LogP contribution is -2.14. The Balaban J connectivity index is 1.87. The molecule has 0 fully saturated rings. The zero-order chi connectivity index (χ0) is 20.5. The third kappa shape index (κ3) is 4.42. The van der Waals surface area contributed by atoms with E-state index in [2.05, 4.69) is 14.7 Å². The predicted molar refractivity (Wildman–Crippen MR) is 90.5 cm³/mol. The van der Waals surface area contributed by atoms with Crippen LogP contribution < -0.4 is 10.1 Å². The SMILES string of the molecule is Cc1cc(Oc2cc(F)c(C(=O)Nc3ncns3)cc2F)cc(C(F)(F)F)c1. The fourth-order valence-electron chi connectivity index (χ4n) is 2.27. The quantitative estimate of drug-likeness (QED) is 0.596. The molecule has 0 radical (unpaired) electrons. The summed E-state index contributed by atoms with van der Waals surface area (Å²) < 4.78 is 75.9. The third-order valence-corrected chi connectivity index (χ3v) is 4.03. The minimum Gasteiger partial charge on any atom is -0.454 e. The third-order valence-electron chi connectivity index (χ3n) is 3.45. The van der Waals surface area contributed by atoms with Gasteiger partial charge in [0.05, 0.1) is 11.1 Å². The van der Waals surface area contributed by atoms with Crippen molar-refractivity contribution in [2.75, 3.05) is 5.32 Å². The number of amides is 1. The van der Waals surface area contributed by atoms with Crippen LogP contribution in [0.25, 0.3) is 0 Å². The first-order valence-corrected chi connectivity index (χ1v) is 8.34. The monoisotopic (exact) mass is 415 g/mol. The molecule has 146 valence electrons. The Hall–Kier alpha value is -3.08. The highest BCUT2D eigenvalue weighted by Gasteiger charge is 2.31. The number of hydrogen-bond donors (Lipinski definition) is 1. The van der Waals surface area contributed by atoms with Gasteiger partial charge in [-0.15, -0.1) is 0 Å². The van der Waals surface area contributed by atoms with Crippen LogP contribution >= 0.6 is 11.5 Å². The first-order valence-electron chi connectivity index (χ1n) is 7.57. The maximum Gasteiger partial charge on any atom is 0.416 e. The van der Waals surface area contributed by atoms with E-state index in [9.17, 15) is 26.7 Å². The molecule has 11 heteroatoms. The number of hydrogen-bond acceptors (Lipinski definition) is 5. The average Bonchev–Trinajstić information content (AvgIpc) is 3.09. The second-order valence-corrected chi connectivity index (χ2v) is 6.38. The fraction of sp³-hybridized carbons (Fsp3) is 0.118. The van der Waals surface area contributed by atoms with Gasteiger partial charge in [0.25, 0.3) is 5.91 Å². The highest BCUT2D eigenvalue weighted by Crippen LogP contribution is 2.35. The smallest absolute Gasteiger partial charge is 0.416 e. The average molecular weight is 415 g/mol. The molecule has 1 N–H and O–H groups in total. The summed E-state index contributed by atoms with van der Waals surface area (Å²) in [5.74, 6) is -4.20. The summed E-state index contributed by atoms with van der Waals surface area (Å²) in [5, 5.41) is 2.33. The van der Waals surface area contributed by atoms with Crippen LogP contribution in [0.1, 0.15) is 21.5 Å². The van der Waals surface area contributed by atoms with Crippen LogP contribution in [0.4, 0.5) is 27.1 Å². The second kappa shape index (κ2) is 7.50. The van der Waals surface area contributed by atoms with E-state index in [1.54, 1.807) is 0 Å². The number of rotatable bonds is 4. The molecule has 28 heavy (non-hydrogen) atoms. The number of carbonyl (C=O) groups is 1. The number of nitrogens with one attached hydrogen (secondary N) is 1. The summed E-state index contributed by atoms with van der Waals surface area (Å²) in [5.41, 5.74) is -1.39. The van der Waals surface area contributed by atoms with Crippen molar-refractivity contribution in [1.82, 2.24) is 9.36 Å². The molecule has 1 heterocycles. The van der Waals surface area contributed by atoms with Crippen LogP contribution in [0.15, 0.2) is 36.7 Å². The normalized spacial score (nSPS) is 11.4. The van der Waals surface area contributed by atoms with Crippen LogP contribution in [0.2, 0.25) is 0 Å². The molecule has 1 amide bonds. The maximum atomic E-state index is 14.3. The molecule has 1 aromatic heterocycles. The molecule has 0 aliphatic rings. The van der Waals surface area contributed by atoms with E-state index in [0.29, 0.717) is 18.2 Å². The molecule has 0 atom stereocenters. The summed E-state index contributed by atoms with van der Waals surface area (Å²) in [6.45, 7) is 1.40. The van der Waals surface area contributed by atoms with E-state index in [1.807, 2.05) is 0 Å². The van der Waals surface area contributed by atoms with E-state index in [0.717, 1.165) is 17.6 Å². The Kier molecular flexibility index (Phi) is 5.27. The van der Waals surface area contributed by atoms with Gasteiger partial charge in [0.2, 0.25) is 5.13 Å². The van der Waals surface area contributed by atoms with Gasteiger partial charge in [0.1, 0.15) is 17.9 Å². The van der Waals surface area contributed by atoms with E-state index < -0.39 is 40.6 Å². The molecule has 5 nitrogen and oxygen atoms in total. The number of anilines is 1. The summed E-state index contributed by atoms with van der Waals surface area (Å²) in [6, 6.07) is 3.97. The lowest BCUT2D eigenvalue weighted by Gasteiger charge is -2.13. The van der Waals surface area contributed by atoms with Crippen LogP contribution in [-0.4, -0.2) is 15.3 Å². The van der Waals surface area contributed by atoms with Gasteiger partial charge >= 0.3 is 6.18 Å². The van der Waals surface area contributed by atoms with Crippen molar-refractivity contribution in [3.05, 3.63) is 65.0 Å². The van der Waals surface area contributed by atoms with Crippen molar-refractivity contribution in [1.29, 1.82) is 0 Å². The lowest BCUT2D eigenvalue weighted by molar-refractivity contribution is -0.137. The Labute approximate surface area is 159 Å². The van der Waals surface area contributed by atoms with Gasteiger partial charge in [0, 0.05) is 17.6 Å². The molecule has 0 aliphatic carbocycles. The van der Waals surface area contributed by atoms with Crippen LogP contribution in [-0.2, 0) is 6.18 Å². The Morgan fingerprint density at radius 3 is 2.50 bits per heavy atom. The van der Waals surface area contributed by atoms with Gasteiger partial charge in [-0.3, -0.25) is 10.1 Å². The number of alkyl halides is 3. The number of aryl methyl sites for hydroxylation is 1. The molecule has 0 aliphatic heterocycles. The molecule has 0 spiro atoms. The summed E-state index contributed by atoms with van der Waals surface area (Å²) in [6.07, 6.45) is -3.45. The van der Waals surface area contributed by atoms with E-state index in [1.165, 1.54) is 19.3 Å². The van der Waals surface area contributed by atoms with Crippen LogP contribution in [0.5, 0.6) is 11.5 Å². The molecule has 0 bridgehead atoms. The minimum atomic E-state index is -4.62. The first-order chi connectivity index (χ1) is 13.1. The summed E-state index contributed by atoms with van der Waals surface area (Å²) in [4.78, 5) is 15.7. The molecule has 2 aromatic carbocycles. The van der Waals surface area contributed by atoms with Crippen LogP contribution in [0.3, 0.4) is 0 Å². The Morgan fingerprint density at radius 1 is 1.11 bits per heavy atom. The van der Waals surface area contributed by atoms with Gasteiger partial charge in [-0.05, 0) is 36.8 Å². The lowest BCUT2D eigenvalue weighted by atomic mass is 10.1. The summed E-state index contributed by atoms with van der Waals surface area (Å²) in [7, 11) is 0. The van der Waals surface area contributed by atoms with E-state index in [-0.39, 0.29) is 16.4 Å². The highest BCUT2D eigenvalue weighted by atomic mass is 32.1. The van der Waals surface area contributed by atoms with Crippen LogP contribution in [0, 0.1) is 18.6 Å². The van der Waals surface area contributed by atoms with Crippen molar-refractivity contribution < 1.29 is 31.5 Å². The minimum absolute atomic E-state index is 0.0876. The molecule has 0 saturated carbocycles. The summed E-state index contributed by atoms with van der Waals surface area (Å²) >= 11 is 0.840. The molecule has 3 rings (SSSR count). The Bertz CT molecular complexity index is 1020. The number of halogens is 5. The largest absolute Gasteiger partial charge is 0.454 e.